The fourth-order valence-electron chi connectivity index (χ4n) is 2.37. The van der Waals surface area contributed by atoms with Crippen molar-refractivity contribution < 1.29 is 19.8 Å². The first-order valence-electron chi connectivity index (χ1n) is 7.51. The topological polar surface area (TPSA) is 74.6 Å². The van der Waals surface area contributed by atoms with Crippen molar-refractivity contribution in [2.75, 3.05) is 0 Å². The Bertz CT molecular complexity index is 625. The van der Waals surface area contributed by atoms with Gasteiger partial charge in [0, 0.05) is 0 Å². The molecular weight excluding hydrogens is 292 g/mol. The van der Waals surface area contributed by atoms with Gasteiger partial charge in [-0.1, -0.05) is 48.5 Å². The van der Waals surface area contributed by atoms with E-state index in [1.165, 1.54) is 0 Å². The summed E-state index contributed by atoms with van der Waals surface area (Å²) in [6, 6.07) is 15.1. The first-order chi connectivity index (χ1) is 10.9. The van der Waals surface area contributed by atoms with Crippen LogP contribution in [0.2, 0.25) is 0 Å². The van der Waals surface area contributed by atoms with E-state index in [0.29, 0.717) is 0 Å². The zero-order chi connectivity index (χ0) is 17.0. The highest BCUT2D eigenvalue weighted by atomic mass is 16.4. The molecule has 0 fully saturated rings. The summed E-state index contributed by atoms with van der Waals surface area (Å²) >= 11 is 0. The van der Waals surface area contributed by atoms with Crippen LogP contribution >= 0.6 is 0 Å². The minimum Gasteiger partial charge on any atom is -0.481 e. The summed E-state index contributed by atoms with van der Waals surface area (Å²) in [5.41, 5.74) is 3.74. The first-order valence-corrected chi connectivity index (χ1v) is 7.51. The molecule has 0 saturated heterocycles. The molecule has 2 atom stereocenters. The Labute approximate surface area is 135 Å². The fourth-order valence-corrected chi connectivity index (χ4v) is 2.37. The molecule has 0 aliphatic rings. The molecule has 0 aromatic heterocycles. The second-order valence-corrected chi connectivity index (χ2v) is 5.78. The van der Waals surface area contributed by atoms with Crippen LogP contribution in [0.5, 0.6) is 0 Å². The molecule has 0 heterocycles. The van der Waals surface area contributed by atoms with Crippen molar-refractivity contribution in [1.82, 2.24) is 0 Å². The lowest BCUT2D eigenvalue weighted by atomic mass is 9.96. The van der Waals surface area contributed by atoms with E-state index >= 15 is 0 Å². The summed E-state index contributed by atoms with van der Waals surface area (Å²) in [7, 11) is 0. The summed E-state index contributed by atoms with van der Waals surface area (Å²) < 4.78 is 0. The number of hydrogen-bond donors (Lipinski definition) is 2. The van der Waals surface area contributed by atoms with Crippen molar-refractivity contribution in [2.45, 2.75) is 32.1 Å². The molecule has 0 aliphatic heterocycles. The van der Waals surface area contributed by atoms with Crippen LogP contribution in [0, 0.1) is 0 Å². The highest BCUT2D eigenvalue weighted by Crippen LogP contribution is 2.20. The fraction of sp³-hybridized carbons (Fsp3) is 0.263. The highest BCUT2D eigenvalue weighted by Gasteiger charge is 2.14. The van der Waals surface area contributed by atoms with Gasteiger partial charge in [-0.2, -0.15) is 0 Å². The highest BCUT2D eigenvalue weighted by molar-refractivity contribution is 5.76. The molecule has 2 rings (SSSR count). The number of carboxylic acids is 2. The average Bonchev–Trinajstić information content (AvgIpc) is 2.54. The monoisotopic (exact) mass is 312 g/mol. The van der Waals surface area contributed by atoms with Crippen LogP contribution in [-0.2, 0) is 16.0 Å². The molecule has 2 unspecified atom stereocenters. The third kappa shape index (κ3) is 4.19. The summed E-state index contributed by atoms with van der Waals surface area (Å²) in [6.45, 7) is 3.33. The van der Waals surface area contributed by atoms with Crippen molar-refractivity contribution in [3.05, 3.63) is 70.8 Å². The minimum atomic E-state index is -0.833. The lowest BCUT2D eigenvalue weighted by molar-refractivity contribution is -0.139. The largest absolute Gasteiger partial charge is 0.481 e. The standard InChI is InChI=1S/C19H20O4/c1-12(18(20)21)16-7-3-14(4-8-16)11-15-5-9-17(10-6-15)13(2)19(22)23/h3-10,12-13H,11H2,1-2H3,(H,20,21)(H,22,23). The Morgan fingerprint density at radius 2 is 1.04 bits per heavy atom. The maximum Gasteiger partial charge on any atom is 0.310 e. The van der Waals surface area contributed by atoms with Gasteiger partial charge in [0.2, 0.25) is 0 Å². The van der Waals surface area contributed by atoms with E-state index in [2.05, 4.69) is 0 Å². The van der Waals surface area contributed by atoms with Gasteiger partial charge in [-0.25, -0.2) is 0 Å². The molecule has 2 aromatic carbocycles. The molecule has 4 heteroatoms. The smallest absolute Gasteiger partial charge is 0.310 e. The van der Waals surface area contributed by atoms with Gasteiger partial charge in [0.25, 0.3) is 0 Å². The number of hydrogen-bond acceptors (Lipinski definition) is 2. The third-order valence-corrected chi connectivity index (χ3v) is 4.11. The number of benzene rings is 2. The predicted molar refractivity (Wildman–Crippen MR) is 87.8 cm³/mol. The van der Waals surface area contributed by atoms with Gasteiger partial charge in [0.1, 0.15) is 0 Å². The molecule has 0 amide bonds. The molecule has 120 valence electrons. The third-order valence-electron chi connectivity index (χ3n) is 4.11. The number of rotatable bonds is 6. The zero-order valence-electron chi connectivity index (χ0n) is 13.2. The lowest BCUT2D eigenvalue weighted by Gasteiger charge is -2.09. The van der Waals surface area contributed by atoms with Crippen molar-refractivity contribution in [3.8, 4) is 0 Å². The van der Waals surface area contributed by atoms with Crippen LogP contribution in [0.1, 0.15) is 47.9 Å². The van der Waals surface area contributed by atoms with E-state index in [-0.39, 0.29) is 0 Å². The van der Waals surface area contributed by atoms with E-state index in [9.17, 15) is 9.59 Å². The van der Waals surface area contributed by atoms with E-state index in [4.69, 9.17) is 10.2 Å². The number of carboxylic acid groups (broad SMARTS) is 2. The molecule has 2 aromatic rings. The lowest BCUT2D eigenvalue weighted by Crippen LogP contribution is -2.07. The predicted octanol–water partition coefficient (Wildman–Crippen LogP) is 3.65. The van der Waals surface area contributed by atoms with Crippen LogP contribution in [0.3, 0.4) is 0 Å². The van der Waals surface area contributed by atoms with E-state index in [1.807, 2.05) is 48.5 Å². The van der Waals surface area contributed by atoms with Gasteiger partial charge >= 0.3 is 11.9 Å². The van der Waals surface area contributed by atoms with Gasteiger partial charge in [0.15, 0.2) is 0 Å². The molecule has 2 N–H and O–H groups in total. The molecule has 0 aliphatic carbocycles. The van der Waals surface area contributed by atoms with Gasteiger partial charge in [-0.05, 0) is 42.5 Å². The Hall–Kier alpha value is -2.62. The Morgan fingerprint density at radius 1 is 0.739 bits per heavy atom. The van der Waals surface area contributed by atoms with Gasteiger partial charge < -0.3 is 10.2 Å². The summed E-state index contributed by atoms with van der Waals surface area (Å²) in [6.07, 6.45) is 0.726. The van der Waals surface area contributed by atoms with Crippen LogP contribution in [0.4, 0.5) is 0 Å². The molecule has 4 nitrogen and oxygen atoms in total. The molecular formula is C19H20O4. The summed E-state index contributed by atoms with van der Waals surface area (Å²) in [5, 5.41) is 18.0. The Morgan fingerprint density at radius 3 is 1.30 bits per heavy atom. The van der Waals surface area contributed by atoms with Crippen molar-refractivity contribution >= 4 is 11.9 Å². The molecule has 0 radical (unpaired) electrons. The quantitative estimate of drug-likeness (QED) is 0.853. The first kappa shape index (κ1) is 16.7. The second-order valence-electron chi connectivity index (χ2n) is 5.78. The summed E-state index contributed by atoms with van der Waals surface area (Å²) in [4.78, 5) is 21.9. The Kier molecular flexibility index (Phi) is 5.16. The van der Waals surface area contributed by atoms with Gasteiger partial charge in [0.05, 0.1) is 11.8 Å². The van der Waals surface area contributed by atoms with E-state index in [1.54, 1.807) is 13.8 Å². The summed E-state index contributed by atoms with van der Waals surface area (Å²) in [5.74, 6) is -2.69. The SMILES string of the molecule is CC(C(=O)O)c1ccc(Cc2ccc(C(C)C(=O)O)cc2)cc1. The average molecular weight is 312 g/mol. The molecule has 0 saturated carbocycles. The normalized spacial score (nSPS) is 13.3. The van der Waals surface area contributed by atoms with Crippen LogP contribution < -0.4 is 0 Å². The molecule has 23 heavy (non-hydrogen) atoms. The van der Waals surface area contributed by atoms with Crippen molar-refractivity contribution in [1.29, 1.82) is 0 Å². The van der Waals surface area contributed by atoms with Gasteiger partial charge in [-0.15, -0.1) is 0 Å². The number of aliphatic carboxylic acids is 2. The second kappa shape index (κ2) is 7.09. The Balaban J connectivity index is 2.07. The van der Waals surface area contributed by atoms with Crippen LogP contribution in [-0.4, -0.2) is 22.2 Å². The van der Waals surface area contributed by atoms with Crippen LogP contribution in [0.15, 0.2) is 48.5 Å². The van der Waals surface area contributed by atoms with Crippen molar-refractivity contribution in [2.24, 2.45) is 0 Å². The van der Waals surface area contributed by atoms with E-state index in [0.717, 1.165) is 28.7 Å². The number of carbonyl (C=O) groups is 2. The zero-order valence-corrected chi connectivity index (χ0v) is 13.2. The molecule has 0 spiro atoms. The van der Waals surface area contributed by atoms with Crippen molar-refractivity contribution in [3.63, 3.8) is 0 Å². The maximum atomic E-state index is 11.0. The minimum absolute atomic E-state index is 0.513. The molecule has 0 bridgehead atoms. The van der Waals surface area contributed by atoms with Crippen LogP contribution in [0.25, 0.3) is 0 Å². The van der Waals surface area contributed by atoms with E-state index < -0.39 is 23.8 Å². The van der Waals surface area contributed by atoms with Gasteiger partial charge in [-0.3, -0.25) is 9.59 Å². The maximum absolute atomic E-state index is 11.0.